The molecule has 1 rings (SSSR count). The Labute approximate surface area is 84.6 Å². The number of nitrogens with zero attached hydrogens (tertiary/aromatic N) is 1. The zero-order valence-electron chi connectivity index (χ0n) is 8.08. The van der Waals surface area contributed by atoms with Crippen molar-refractivity contribution in [2.75, 3.05) is 32.2 Å². The first-order valence-corrected chi connectivity index (χ1v) is 5.37. The lowest BCUT2D eigenvalue weighted by Gasteiger charge is -2.35. The second-order valence-electron chi connectivity index (χ2n) is 3.44. The molecule has 1 saturated heterocycles. The molecular formula is C9H18ClNO2. The molecule has 0 aromatic heterocycles. The van der Waals surface area contributed by atoms with Gasteiger partial charge in [-0.25, -0.2) is 0 Å². The summed E-state index contributed by atoms with van der Waals surface area (Å²) in [5.41, 5.74) is 0. The van der Waals surface area contributed by atoms with E-state index in [2.05, 4.69) is 11.8 Å². The third kappa shape index (κ3) is 3.43. The zero-order valence-corrected chi connectivity index (χ0v) is 8.83. The van der Waals surface area contributed by atoms with Crippen molar-refractivity contribution >= 4 is 11.6 Å². The fourth-order valence-electron chi connectivity index (χ4n) is 1.63. The topological polar surface area (TPSA) is 32.7 Å². The molecule has 78 valence electrons. The van der Waals surface area contributed by atoms with Crippen LogP contribution in [0.25, 0.3) is 0 Å². The first kappa shape index (κ1) is 11.2. The molecule has 2 unspecified atom stereocenters. The first-order valence-electron chi connectivity index (χ1n) is 4.83. The third-order valence-corrected chi connectivity index (χ3v) is 2.80. The van der Waals surface area contributed by atoms with Crippen molar-refractivity contribution in [2.24, 2.45) is 0 Å². The normalized spacial score (nSPS) is 27.5. The Bertz CT molecular complexity index is 146. The number of rotatable bonds is 4. The molecule has 1 N–H and O–H groups in total. The Balaban J connectivity index is 2.35. The van der Waals surface area contributed by atoms with Crippen LogP contribution < -0.4 is 0 Å². The number of ether oxygens (including phenoxy) is 1. The maximum atomic E-state index is 9.41. The Kier molecular flexibility index (Phi) is 5.02. The molecule has 2 atom stereocenters. The summed E-state index contributed by atoms with van der Waals surface area (Å²) >= 11 is 5.55. The number of halogens is 1. The number of aliphatic hydroxyl groups is 1. The smallest absolute Gasteiger partial charge is 0.0802 e. The van der Waals surface area contributed by atoms with E-state index in [0.717, 1.165) is 26.2 Å². The van der Waals surface area contributed by atoms with Crippen LogP contribution in [0.15, 0.2) is 0 Å². The number of morpholine rings is 1. The molecule has 0 radical (unpaired) electrons. The molecular weight excluding hydrogens is 190 g/mol. The molecule has 0 saturated carbocycles. The minimum atomic E-state index is -0.409. The van der Waals surface area contributed by atoms with Crippen LogP contribution in [0.4, 0.5) is 0 Å². The van der Waals surface area contributed by atoms with E-state index < -0.39 is 6.10 Å². The number of alkyl halides is 1. The van der Waals surface area contributed by atoms with Crippen LogP contribution in [0.1, 0.15) is 13.3 Å². The number of β-amino-alcohol motifs (C(OH)–C–C–N with tert-alkyl or cyclic N) is 1. The fourth-order valence-corrected chi connectivity index (χ4v) is 1.72. The SMILES string of the molecule is CCC1COCCN1CC(O)CCl. The van der Waals surface area contributed by atoms with Crippen molar-refractivity contribution < 1.29 is 9.84 Å². The molecule has 0 aliphatic carbocycles. The van der Waals surface area contributed by atoms with Crippen molar-refractivity contribution in [1.29, 1.82) is 0 Å². The predicted molar refractivity (Wildman–Crippen MR) is 53.2 cm³/mol. The van der Waals surface area contributed by atoms with Crippen molar-refractivity contribution in [3.8, 4) is 0 Å². The lowest BCUT2D eigenvalue weighted by Crippen LogP contribution is -2.48. The highest BCUT2D eigenvalue weighted by Gasteiger charge is 2.22. The van der Waals surface area contributed by atoms with E-state index in [1.165, 1.54) is 0 Å². The average Bonchev–Trinajstić information content (AvgIpc) is 2.18. The van der Waals surface area contributed by atoms with Gasteiger partial charge in [0.2, 0.25) is 0 Å². The van der Waals surface area contributed by atoms with Gasteiger partial charge in [-0.1, -0.05) is 6.92 Å². The molecule has 0 aromatic carbocycles. The second kappa shape index (κ2) is 5.81. The Morgan fingerprint density at radius 3 is 3.08 bits per heavy atom. The highest BCUT2D eigenvalue weighted by atomic mass is 35.5. The van der Waals surface area contributed by atoms with E-state index >= 15 is 0 Å². The Hall–Kier alpha value is 0.170. The monoisotopic (exact) mass is 207 g/mol. The van der Waals surface area contributed by atoms with Crippen LogP contribution in [0.3, 0.4) is 0 Å². The fraction of sp³-hybridized carbons (Fsp3) is 1.00. The summed E-state index contributed by atoms with van der Waals surface area (Å²) in [6, 6.07) is 0.451. The summed E-state index contributed by atoms with van der Waals surface area (Å²) in [6.45, 7) is 5.27. The summed E-state index contributed by atoms with van der Waals surface area (Å²) in [5, 5.41) is 9.41. The van der Waals surface area contributed by atoms with Gasteiger partial charge in [-0.3, -0.25) is 4.90 Å². The van der Waals surface area contributed by atoms with Crippen LogP contribution in [-0.2, 0) is 4.74 Å². The van der Waals surface area contributed by atoms with Crippen LogP contribution in [0.2, 0.25) is 0 Å². The van der Waals surface area contributed by atoms with Gasteiger partial charge in [-0.15, -0.1) is 11.6 Å². The van der Waals surface area contributed by atoms with Gasteiger partial charge >= 0.3 is 0 Å². The summed E-state index contributed by atoms with van der Waals surface area (Å²) in [7, 11) is 0. The molecule has 13 heavy (non-hydrogen) atoms. The van der Waals surface area contributed by atoms with E-state index in [4.69, 9.17) is 16.3 Å². The minimum Gasteiger partial charge on any atom is -0.391 e. The Morgan fingerprint density at radius 2 is 2.46 bits per heavy atom. The maximum absolute atomic E-state index is 9.41. The molecule has 1 heterocycles. The number of hydrogen-bond donors (Lipinski definition) is 1. The van der Waals surface area contributed by atoms with Gasteiger partial charge in [0, 0.05) is 25.0 Å². The van der Waals surface area contributed by atoms with Gasteiger partial charge in [-0.2, -0.15) is 0 Å². The van der Waals surface area contributed by atoms with E-state index in [9.17, 15) is 5.11 Å². The van der Waals surface area contributed by atoms with Crippen LogP contribution >= 0.6 is 11.6 Å². The van der Waals surface area contributed by atoms with Gasteiger partial charge in [0.1, 0.15) is 0 Å². The van der Waals surface area contributed by atoms with Crippen molar-refractivity contribution in [3.05, 3.63) is 0 Å². The molecule has 1 fully saturated rings. The summed E-state index contributed by atoms with van der Waals surface area (Å²) in [5.74, 6) is 0.313. The third-order valence-electron chi connectivity index (χ3n) is 2.44. The molecule has 4 heteroatoms. The standard InChI is InChI=1S/C9H18ClNO2/c1-2-8-7-13-4-3-11(8)6-9(12)5-10/h8-9,12H,2-7H2,1H3. The number of hydrogen-bond acceptors (Lipinski definition) is 3. The van der Waals surface area contributed by atoms with Gasteiger partial charge < -0.3 is 9.84 Å². The van der Waals surface area contributed by atoms with Crippen molar-refractivity contribution in [1.82, 2.24) is 4.90 Å². The second-order valence-corrected chi connectivity index (χ2v) is 3.75. The molecule has 1 aliphatic heterocycles. The molecule has 0 bridgehead atoms. The minimum absolute atomic E-state index is 0.313. The lowest BCUT2D eigenvalue weighted by molar-refractivity contribution is -0.0243. The predicted octanol–water partition coefficient (Wildman–Crippen LogP) is 0.697. The summed E-state index contributed by atoms with van der Waals surface area (Å²) < 4.78 is 5.36. The van der Waals surface area contributed by atoms with Crippen LogP contribution in [0, 0.1) is 0 Å². The number of aliphatic hydroxyl groups excluding tert-OH is 1. The van der Waals surface area contributed by atoms with Gasteiger partial charge in [0.05, 0.1) is 19.3 Å². The largest absolute Gasteiger partial charge is 0.391 e. The molecule has 0 amide bonds. The zero-order chi connectivity index (χ0) is 9.68. The Morgan fingerprint density at radius 1 is 1.69 bits per heavy atom. The lowest BCUT2D eigenvalue weighted by atomic mass is 10.1. The molecule has 0 spiro atoms. The van der Waals surface area contributed by atoms with Crippen LogP contribution in [0.5, 0.6) is 0 Å². The highest BCUT2D eigenvalue weighted by Crippen LogP contribution is 2.10. The summed E-state index contributed by atoms with van der Waals surface area (Å²) in [4.78, 5) is 2.26. The van der Waals surface area contributed by atoms with Crippen molar-refractivity contribution in [3.63, 3.8) is 0 Å². The molecule has 1 aliphatic rings. The average molecular weight is 208 g/mol. The van der Waals surface area contributed by atoms with Gasteiger partial charge in [-0.05, 0) is 6.42 Å². The first-order chi connectivity index (χ1) is 6.27. The van der Waals surface area contributed by atoms with Crippen molar-refractivity contribution in [2.45, 2.75) is 25.5 Å². The van der Waals surface area contributed by atoms with E-state index in [-0.39, 0.29) is 0 Å². The van der Waals surface area contributed by atoms with E-state index in [0.29, 0.717) is 18.5 Å². The van der Waals surface area contributed by atoms with Gasteiger partial charge in [0.25, 0.3) is 0 Å². The summed E-state index contributed by atoms with van der Waals surface area (Å²) in [6.07, 6.45) is 0.656. The van der Waals surface area contributed by atoms with E-state index in [1.54, 1.807) is 0 Å². The van der Waals surface area contributed by atoms with E-state index in [1.807, 2.05) is 0 Å². The van der Waals surface area contributed by atoms with Gasteiger partial charge in [0.15, 0.2) is 0 Å². The molecule has 0 aromatic rings. The van der Waals surface area contributed by atoms with Crippen LogP contribution in [-0.4, -0.2) is 54.3 Å². The molecule has 3 nitrogen and oxygen atoms in total. The quantitative estimate of drug-likeness (QED) is 0.689. The highest BCUT2D eigenvalue weighted by molar-refractivity contribution is 6.18. The maximum Gasteiger partial charge on any atom is 0.0802 e.